The van der Waals surface area contributed by atoms with Crippen molar-refractivity contribution in [2.24, 2.45) is 5.92 Å². The van der Waals surface area contributed by atoms with Crippen molar-refractivity contribution in [3.05, 3.63) is 0 Å². The van der Waals surface area contributed by atoms with Crippen molar-refractivity contribution in [3.63, 3.8) is 0 Å². The van der Waals surface area contributed by atoms with Crippen molar-refractivity contribution >= 4 is 11.6 Å². The number of carbonyl (C=O) groups is 2. The Hall–Kier alpha value is -0.800. The molecule has 1 aliphatic carbocycles. The van der Waals surface area contributed by atoms with Gasteiger partial charge in [-0.05, 0) is 12.8 Å². The van der Waals surface area contributed by atoms with Gasteiger partial charge >= 0.3 is 5.92 Å². The van der Waals surface area contributed by atoms with Crippen LogP contribution in [0.15, 0.2) is 0 Å². The summed E-state index contributed by atoms with van der Waals surface area (Å²) in [6.07, 6.45) is 2.83. The third-order valence-corrected chi connectivity index (χ3v) is 2.63. The fraction of sp³-hybridized carbons (Fsp3) is 0.800. The number of alkyl halides is 2. The summed E-state index contributed by atoms with van der Waals surface area (Å²) in [5, 5.41) is 0. The quantitative estimate of drug-likeness (QED) is 0.659. The van der Waals surface area contributed by atoms with Crippen LogP contribution in [0, 0.1) is 5.92 Å². The lowest BCUT2D eigenvalue weighted by Gasteiger charge is -2.10. The van der Waals surface area contributed by atoms with E-state index in [1.54, 1.807) is 0 Å². The highest BCUT2D eigenvalue weighted by atomic mass is 19.3. The molecule has 1 rings (SSSR count). The summed E-state index contributed by atoms with van der Waals surface area (Å²) in [6, 6.07) is 0. The molecule has 0 aromatic carbocycles. The maximum atomic E-state index is 12.5. The van der Waals surface area contributed by atoms with Crippen LogP contribution in [0.1, 0.15) is 39.0 Å². The summed E-state index contributed by atoms with van der Waals surface area (Å²) in [4.78, 5) is 22.2. The van der Waals surface area contributed by atoms with Crippen LogP contribution in [-0.4, -0.2) is 17.5 Å². The van der Waals surface area contributed by atoms with E-state index in [4.69, 9.17) is 0 Å². The summed E-state index contributed by atoms with van der Waals surface area (Å²) in [5.74, 6) is -5.08. The molecule has 0 spiro atoms. The van der Waals surface area contributed by atoms with E-state index < -0.39 is 18.1 Å². The topological polar surface area (TPSA) is 34.1 Å². The number of Topliss-reactive ketones (excluding diaryl/α,β-unsaturated/α-hetero) is 2. The highest BCUT2D eigenvalue weighted by Crippen LogP contribution is 2.27. The summed E-state index contributed by atoms with van der Waals surface area (Å²) >= 11 is 0. The SMILES string of the molecule is CC(F)(F)C(=O)CC(=O)C1CCCC1. The number of hydrogen-bond acceptors (Lipinski definition) is 2. The molecule has 0 atom stereocenters. The first-order chi connectivity index (χ1) is 6.41. The number of hydrogen-bond donors (Lipinski definition) is 0. The second-order valence-corrected chi connectivity index (χ2v) is 3.94. The van der Waals surface area contributed by atoms with Crippen LogP contribution in [0.4, 0.5) is 8.78 Å². The standard InChI is InChI=1S/C10H14F2O2/c1-10(11,12)9(14)6-8(13)7-4-2-3-5-7/h7H,2-6H2,1H3. The van der Waals surface area contributed by atoms with Crippen LogP contribution in [-0.2, 0) is 9.59 Å². The molecule has 0 heterocycles. The highest BCUT2D eigenvalue weighted by Gasteiger charge is 2.35. The Balaban J connectivity index is 2.44. The average Bonchev–Trinajstić information content (AvgIpc) is 2.53. The Morgan fingerprint density at radius 2 is 1.79 bits per heavy atom. The lowest BCUT2D eigenvalue weighted by molar-refractivity contribution is -0.144. The number of ketones is 2. The Labute approximate surface area is 81.7 Å². The maximum absolute atomic E-state index is 12.5. The third kappa shape index (κ3) is 2.86. The lowest BCUT2D eigenvalue weighted by atomic mass is 9.97. The van der Waals surface area contributed by atoms with Crippen molar-refractivity contribution in [3.8, 4) is 0 Å². The van der Waals surface area contributed by atoms with Gasteiger partial charge in [0.25, 0.3) is 0 Å². The fourth-order valence-corrected chi connectivity index (χ4v) is 1.71. The predicted octanol–water partition coefficient (Wildman–Crippen LogP) is 2.36. The summed E-state index contributed by atoms with van der Waals surface area (Å²) in [6.45, 7) is 0.539. The van der Waals surface area contributed by atoms with Crippen LogP contribution in [0.3, 0.4) is 0 Å². The largest absolute Gasteiger partial charge is 0.302 e. The number of carbonyl (C=O) groups excluding carboxylic acids is 2. The van der Waals surface area contributed by atoms with E-state index in [-0.39, 0.29) is 11.7 Å². The molecule has 0 saturated heterocycles. The lowest BCUT2D eigenvalue weighted by Crippen LogP contribution is -2.28. The van der Waals surface area contributed by atoms with E-state index in [9.17, 15) is 18.4 Å². The molecule has 0 aliphatic heterocycles. The van der Waals surface area contributed by atoms with Gasteiger partial charge in [-0.25, -0.2) is 0 Å². The Kier molecular flexibility index (Phi) is 3.34. The van der Waals surface area contributed by atoms with E-state index in [2.05, 4.69) is 0 Å². The second kappa shape index (κ2) is 4.15. The first-order valence-corrected chi connectivity index (χ1v) is 4.85. The van der Waals surface area contributed by atoms with Gasteiger partial charge in [0, 0.05) is 12.8 Å². The van der Waals surface area contributed by atoms with Gasteiger partial charge in [0.15, 0.2) is 0 Å². The fourth-order valence-electron chi connectivity index (χ4n) is 1.71. The molecule has 1 aliphatic rings. The molecule has 14 heavy (non-hydrogen) atoms. The van der Waals surface area contributed by atoms with Crippen LogP contribution < -0.4 is 0 Å². The van der Waals surface area contributed by atoms with Crippen molar-refractivity contribution in [2.45, 2.75) is 45.0 Å². The summed E-state index contributed by atoms with van der Waals surface area (Å²) in [7, 11) is 0. The molecule has 80 valence electrons. The highest BCUT2D eigenvalue weighted by molar-refractivity contribution is 6.02. The summed E-state index contributed by atoms with van der Waals surface area (Å²) < 4.78 is 24.9. The molecule has 0 aromatic heterocycles. The van der Waals surface area contributed by atoms with Gasteiger partial charge in [0.1, 0.15) is 5.78 Å². The summed E-state index contributed by atoms with van der Waals surface area (Å²) in [5.41, 5.74) is 0. The molecule has 0 radical (unpaired) electrons. The van der Waals surface area contributed by atoms with E-state index in [0.717, 1.165) is 25.7 Å². The Bertz CT molecular complexity index is 237. The average molecular weight is 204 g/mol. The molecule has 0 amide bonds. The zero-order valence-electron chi connectivity index (χ0n) is 8.19. The minimum Gasteiger partial charge on any atom is -0.299 e. The van der Waals surface area contributed by atoms with Gasteiger partial charge in [-0.1, -0.05) is 12.8 Å². The van der Waals surface area contributed by atoms with Crippen molar-refractivity contribution in [2.75, 3.05) is 0 Å². The molecule has 0 unspecified atom stereocenters. The van der Waals surface area contributed by atoms with E-state index >= 15 is 0 Å². The van der Waals surface area contributed by atoms with Crippen LogP contribution in [0.5, 0.6) is 0 Å². The molecule has 0 bridgehead atoms. The van der Waals surface area contributed by atoms with E-state index in [1.165, 1.54) is 0 Å². The normalized spacial score (nSPS) is 18.5. The van der Waals surface area contributed by atoms with Crippen molar-refractivity contribution in [1.29, 1.82) is 0 Å². The van der Waals surface area contributed by atoms with E-state index in [1.807, 2.05) is 0 Å². The van der Waals surface area contributed by atoms with Crippen LogP contribution >= 0.6 is 0 Å². The van der Waals surface area contributed by atoms with Crippen molar-refractivity contribution < 1.29 is 18.4 Å². The van der Waals surface area contributed by atoms with Gasteiger partial charge < -0.3 is 0 Å². The van der Waals surface area contributed by atoms with E-state index in [0.29, 0.717) is 6.92 Å². The number of halogens is 2. The van der Waals surface area contributed by atoms with Crippen molar-refractivity contribution in [1.82, 2.24) is 0 Å². The zero-order chi connectivity index (χ0) is 10.8. The first-order valence-electron chi connectivity index (χ1n) is 4.85. The van der Waals surface area contributed by atoms with Gasteiger partial charge in [-0.3, -0.25) is 9.59 Å². The molecule has 1 fully saturated rings. The zero-order valence-corrected chi connectivity index (χ0v) is 8.19. The molecule has 4 heteroatoms. The smallest absolute Gasteiger partial charge is 0.299 e. The Morgan fingerprint density at radius 1 is 1.29 bits per heavy atom. The minimum absolute atomic E-state index is 0.152. The minimum atomic E-state index is -3.37. The monoisotopic (exact) mass is 204 g/mol. The molecule has 2 nitrogen and oxygen atoms in total. The third-order valence-electron chi connectivity index (χ3n) is 2.63. The predicted molar refractivity (Wildman–Crippen MR) is 47.2 cm³/mol. The molecular weight excluding hydrogens is 190 g/mol. The maximum Gasteiger partial charge on any atom is 0.302 e. The molecule has 1 saturated carbocycles. The molecular formula is C10H14F2O2. The number of rotatable bonds is 4. The molecule has 0 N–H and O–H groups in total. The van der Waals surface area contributed by atoms with Crippen LogP contribution in [0.2, 0.25) is 0 Å². The van der Waals surface area contributed by atoms with Gasteiger partial charge in [0.2, 0.25) is 5.78 Å². The van der Waals surface area contributed by atoms with Crippen LogP contribution in [0.25, 0.3) is 0 Å². The second-order valence-electron chi connectivity index (χ2n) is 3.94. The van der Waals surface area contributed by atoms with Gasteiger partial charge in [0.05, 0.1) is 6.42 Å². The van der Waals surface area contributed by atoms with Gasteiger partial charge in [-0.2, -0.15) is 8.78 Å². The van der Waals surface area contributed by atoms with Gasteiger partial charge in [-0.15, -0.1) is 0 Å². The Morgan fingerprint density at radius 3 is 2.21 bits per heavy atom. The molecule has 0 aromatic rings. The first kappa shape index (κ1) is 11.3.